The lowest BCUT2D eigenvalue weighted by atomic mass is 10.3. The Morgan fingerprint density at radius 2 is 0.758 bits per heavy atom. The van der Waals surface area contributed by atoms with Crippen LogP contribution in [0.25, 0.3) is 0 Å². The molecule has 0 aliphatic rings. The molecule has 0 radical (unpaired) electrons. The molecular formula is C24H16N2O5S2. The van der Waals surface area contributed by atoms with E-state index in [0.29, 0.717) is 11.5 Å². The Balaban J connectivity index is 1.34. The van der Waals surface area contributed by atoms with Crippen LogP contribution in [0.4, 0.5) is 11.4 Å². The zero-order valence-electron chi connectivity index (χ0n) is 17.0. The molecule has 0 atom stereocenters. The number of hydrogen-bond acceptors (Lipinski definition) is 7. The molecule has 0 aliphatic carbocycles. The normalized spacial score (nSPS) is 10.5. The first kappa shape index (κ1) is 22.4. The van der Waals surface area contributed by atoms with E-state index in [1.165, 1.54) is 47.8 Å². The van der Waals surface area contributed by atoms with Crippen LogP contribution in [0.3, 0.4) is 0 Å². The summed E-state index contributed by atoms with van der Waals surface area (Å²) in [4.78, 5) is 24.5. The van der Waals surface area contributed by atoms with Crippen LogP contribution < -0.4 is 4.74 Å². The second-order valence-electron chi connectivity index (χ2n) is 6.75. The highest BCUT2D eigenvalue weighted by molar-refractivity contribution is 7.99. The minimum atomic E-state index is -0.415. The van der Waals surface area contributed by atoms with Gasteiger partial charge < -0.3 is 4.74 Å². The van der Waals surface area contributed by atoms with Gasteiger partial charge >= 0.3 is 0 Å². The van der Waals surface area contributed by atoms with Gasteiger partial charge in [-0.2, -0.15) is 0 Å². The molecule has 0 fully saturated rings. The van der Waals surface area contributed by atoms with Gasteiger partial charge in [-0.3, -0.25) is 20.2 Å². The molecule has 0 N–H and O–H groups in total. The maximum Gasteiger partial charge on any atom is 0.269 e. The maximum absolute atomic E-state index is 10.8. The van der Waals surface area contributed by atoms with Crippen molar-refractivity contribution in [2.24, 2.45) is 0 Å². The zero-order chi connectivity index (χ0) is 23.2. The molecule has 4 rings (SSSR count). The van der Waals surface area contributed by atoms with E-state index < -0.39 is 9.85 Å². The molecule has 4 aromatic rings. The Morgan fingerprint density at radius 3 is 1.03 bits per heavy atom. The standard InChI is InChI=1S/C24H16N2O5S2/c27-25(28)17-1-9-21(10-2-17)32-23-13-5-19(6-14-23)31-20-7-15-24(16-8-20)33-22-11-3-18(4-12-22)26(29)30/h1-16H. The summed E-state index contributed by atoms with van der Waals surface area (Å²) in [5.41, 5.74) is 0.139. The molecule has 33 heavy (non-hydrogen) atoms. The van der Waals surface area contributed by atoms with Crippen LogP contribution >= 0.6 is 23.5 Å². The lowest BCUT2D eigenvalue weighted by Gasteiger charge is -2.08. The van der Waals surface area contributed by atoms with Crippen LogP contribution in [-0.4, -0.2) is 9.85 Å². The van der Waals surface area contributed by atoms with Crippen molar-refractivity contribution in [1.82, 2.24) is 0 Å². The molecule has 0 aromatic heterocycles. The fraction of sp³-hybridized carbons (Fsp3) is 0. The number of ether oxygens (including phenoxy) is 1. The molecule has 9 heteroatoms. The SMILES string of the molecule is O=[N+]([O-])c1ccc(Sc2ccc(Oc3ccc(Sc4ccc([N+](=O)[O-])cc4)cc3)cc2)cc1. The van der Waals surface area contributed by atoms with Crippen LogP contribution in [0.15, 0.2) is 117 Å². The third-order valence-corrected chi connectivity index (χ3v) is 6.48. The molecule has 0 spiro atoms. The van der Waals surface area contributed by atoms with Crippen molar-refractivity contribution in [1.29, 1.82) is 0 Å². The average Bonchev–Trinajstić information content (AvgIpc) is 2.82. The van der Waals surface area contributed by atoms with Gasteiger partial charge in [0, 0.05) is 43.8 Å². The van der Waals surface area contributed by atoms with Crippen LogP contribution in [0.5, 0.6) is 11.5 Å². The van der Waals surface area contributed by atoms with Crippen molar-refractivity contribution in [3.8, 4) is 11.5 Å². The quantitative estimate of drug-likeness (QED) is 0.191. The summed E-state index contributed by atoms with van der Waals surface area (Å²) in [5.74, 6) is 1.39. The lowest BCUT2D eigenvalue weighted by molar-refractivity contribution is -0.385. The maximum atomic E-state index is 10.8. The molecule has 4 aromatic carbocycles. The Labute approximate surface area is 197 Å². The Bertz CT molecular complexity index is 1160. The van der Waals surface area contributed by atoms with Gasteiger partial charge in [-0.15, -0.1) is 0 Å². The highest BCUT2D eigenvalue weighted by Crippen LogP contribution is 2.33. The molecule has 7 nitrogen and oxygen atoms in total. The number of hydrogen-bond donors (Lipinski definition) is 0. The molecule has 0 amide bonds. The van der Waals surface area contributed by atoms with E-state index in [4.69, 9.17) is 4.74 Å². The summed E-state index contributed by atoms with van der Waals surface area (Å²) < 4.78 is 5.90. The first-order valence-corrected chi connectivity index (χ1v) is 11.3. The zero-order valence-corrected chi connectivity index (χ0v) is 18.6. The molecule has 0 heterocycles. The molecule has 164 valence electrons. The van der Waals surface area contributed by atoms with Crippen molar-refractivity contribution in [2.75, 3.05) is 0 Å². The second-order valence-corrected chi connectivity index (χ2v) is 9.04. The van der Waals surface area contributed by atoms with Crippen LogP contribution in [0, 0.1) is 20.2 Å². The van der Waals surface area contributed by atoms with Crippen LogP contribution in [-0.2, 0) is 0 Å². The Hall–Kier alpha value is -3.82. The molecule has 0 unspecified atom stereocenters. The number of non-ortho nitro benzene ring substituents is 2. The van der Waals surface area contributed by atoms with Gasteiger partial charge in [-0.25, -0.2) is 0 Å². The van der Waals surface area contributed by atoms with E-state index in [1.54, 1.807) is 24.3 Å². The molecule has 0 saturated heterocycles. The summed E-state index contributed by atoms with van der Waals surface area (Å²) in [6.07, 6.45) is 0. The van der Waals surface area contributed by atoms with Crippen molar-refractivity contribution in [2.45, 2.75) is 19.6 Å². The summed E-state index contributed by atoms with van der Waals surface area (Å²) in [6, 6.07) is 28.1. The largest absolute Gasteiger partial charge is 0.457 e. The van der Waals surface area contributed by atoms with E-state index in [-0.39, 0.29) is 11.4 Å². The van der Waals surface area contributed by atoms with Gasteiger partial charge in [0.2, 0.25) is 0 Å². The number of benzene rings is 4. The minimum Gasteiger partial charge on any atom is -0.457 e. The van der Waals surface area contributed by atoms with Gasteiger partial charge in [0.05, 0.1) is 9.85 Å². The van der Waals surface area contributed by atoms with E-state index in [1.807, 2.05) is 48.5 Å². The lowest BCUT2D eigenvalue weighted by Crippen LogP contribution is -1.87. The highest BCUT2D eigenvalue weighted by Gasteiger charge is 2.07. The first-order valence-electron chi connectivity index (χ1n) is 9.69. The minimum absolute atomic E-state index is 0.0697. The summed E-state index contributed by atoms with van der Waals surface area (Å²) in [7, 11) is 0. The first-order chi connectivity index (χ1) is 16.0. The van der Waals surface area contributed by atoms with E-state index in [2.05, 4.69) is 0 Å². The second kappa shape index (κ2) is 10.2. The number of nitro groups is 2. The molecule has 0 saturated carbocycles. The highest BCUT2D eigenvalue weighted by atomic mass is 32.2. The molecule has 0 bridgehead atoms. The Morgan fingerprint density at radius 1 is 0.485 bits per heavy atom. The number of nitrogens with zero attached hydrogens (tertiary/aromatic N) is 2. The predicted molar refractivity (Wildman–Crippen MR) is 127 cm³/mol. The third kappa shape index (κ3) is 6.12. The van der Waals surface area contributed by atoms with E-state index in [0.717, 1.165) is 19.6 Å². The fourth-order valence-corrected chi connectivity index (χ4v) is 4.46. The summed E-state index contributed by atoms with van der Waals surface area (Å²) in [6.45, 7) is 0. The summed E-state index contributed by atoms with van der Waals surface area (Å²) in [5, 5.41) is 21.5. The van der Waals surface area contributed by atoms with Crippen LogP contribution in [0.1, 0.15) is 0 Å². The number of nitro benzene ring substituents is 2. The average molecular weight is 477 g/mol. The predicted octanol–water partition coefficient (Wildman–Crippen LogP) is 7.60. The van der Waals surface area contributed by atoms with Crippen molar-refractivity contribution < 1.29 is 14.6 Å². The van der Waals surface area contributed by atoms with Crippen molar-refractivity contribution >= 4 is 34.9 Å². The van der Waals surface area contributed by atoms with Gasteiger partial charge in [0.15, 0.2) is 0 Å². The van der Waals surface area contributed by atoms with E-state index >= 15 is 0 Å². The molecular weight excluding hydrogens is 460 g/mol. The fourth-order valence-electron chi connectivity index (χ4n) is 2.83. The third-order valence-electron chi connectivity index (χ3n) is 4.45. The van der Waals surface area contributed by atoms with Gasteiger partial charge in [0.1, 0.15) is 11.5 Å². The van der Waals surface area contributed by atoms with Gasteiger partial charge in [-0.1, -0.05) is 23.5 Å². The number of rotatable bonds is 8. The van der Waals surface area contributed by atoms with Crippen molar-refractivity contribution in [3.63, 3.8) is 0 Å². The van der Waals surface area contributed by atoms with E-state index in [9.17, 15) is 20.2 Å². The monoisotopic (exact) mass is 476 g/mol. The van der Waals surface area contributed by atoms with Crippen LogP contribution in [0.2, 0.25) is 0 Å². The van der Waals surface area contributed by atoms with Gasteiger partial charge in [0.25, 0.3) is 11.4 Å². The summed E-state index contributed by atoms with van der Waals surface area (Å²) >= 11 is 3.02. The Kier molecular flexibility index (Phi) is 6.92. The smallest absolute Gasteiger partial charge is 0.269 e. The van der Waals surface area contributed by atoms with Crippen molar-refractivity contribution in [3.05, 3.63) is 117 Å². The topological polar surface area (TPSA) is 95.5 Å². The van der Waals surface area contributed by atoms with Gasteiger partial charge in [-0.05, 0) is 72.8 Å². The molecule has 0 aliphatic heterocycles.